The summed E-state index contributed by atoms with van der Waals surface area (Å²) >= 11 is 3.29. The molecular formula is C10H8BrNO2S. The number of halogens is 1. The van der Waals surface area contributed by atoms with E-state index in [-0.39, 0.29) is 9.93 Å². The molecule has 0 radical (unpaired) electrons. The van der Waals surface area contributed by atoms with Crippen molar-refractivity contribution in [3.05, 3.63) is 51.5 Å². The fourth-order valence-corrected chi connectivity index (χ4v) is 2.79. The van der Waals surface area contributed by atoms with Crippen molar-refractivity contribution < 1.29 is 8.42 Å². The lowest BCUT2D eigenvalue weighted by Crippen LogP contribution is -2.09. The first-order chi connectivity index (χ1) is 7.01. The Labute approximate surface area is 96.3 Å². The van der Waals surface area contributed by atoms with Gasteiger partial charge in [0.2, 0.25) is 9.84 Å². The van der Waals surface area contributed by atoms with Crippen LogP contribution >= 0.6 is 15.9 Å². The molecule has 1 aliphatic rings. The van der Waals surface area contributed by atoms with E-state index in [9.17, 15) is 8.42 Å². The average molecular weight is 286 g/mol. The quantitative estimate of drug-likeness (QED) is 0.859. The van der Waals surface area contributed by atoms with Crippen LogP contribution in [0.4, 0.5) is 0 Å². The van der Waals surface area contributed by atoms with Crippen molar-refractivity contribution in [3.8, 4) is 0 Å². The first kappa shape index (κ1) is 10.4. The number of benzene rings is 1. The first-order valence-corrected chi connectivity index (χ1v) is 6.48. The van der Waals surface area contributed by atoms with Crippen molar-refractivity contribution in [2.24, 2.45) is 5.73 Å². The van der Waals surface area contributed by atoms with Crippen molar-refractivity contribution in [1.82, 2.24) is 0 Å². The van der Waals surface area contributed by atoms with E-state index in [1.165, 1.54) is 12.2 Å². The van der Waals surface area contributed by atoms with Crippen molar-refractivity contribution in [2.45, 2.75) is 0 Å². The van der Waals surface area contributed by atoms with Crippen LogP contribution in [0.5, 0.6) is 0 Å². The summed E-state index contributed by atoms with van der Waals surface area (Å²) in [6, 6.07) is 7.06. The Morgan fingerprint density at radius 1 is 1.07 bits per heavy atom. The number of hydrogen-bond acceptors (Lipinski definition) is 3. The molecule has 2 rings (SSSR count). The fourth-order valence-electron chi connectivity index (χ4n) is 1.33. The minimum atomic E-state index is -3.45. The van der Waals surface area contributed by atoms with Gasteiger partial charge in [-0.15, -0.1) is 0 Å². The number of rotatable bonds is 1. The fraction of sp³-hybridized carbons (Fsp3) is 0. The number of sulfone groups is 1. The zero-order valence-corrected chi connectivity index (χ0v) is 10.0. The molecule has 0 spiro atoms. The van der Waals surface area contributed by atoms with E-state index >= 15 is 0 Å². The predicted molar refractivity (Wildman–Crippen MR) is 63.3 cm³/mol. The van der Waals surface area contributed by atoms with Gasteiger partial charge in [0.15, 0.2) is 0 Å². The number of nitrogens with two attached hydrogens (primary N) is 1. The Hall–Kier alpha value is -1.07. The van der Waals surface area contributed by atoms with E-state index in [1.807, 2.05) is 0 Å². The molecule has 0 fully saturated rings. The van der Waals surface area contributed by atoms with E-state index in [0.717, 1.165) is 4.47 Å². The lowest BCUT2D eigenvalue weighted by atomic mass is 10.2. The zero-order valence-electron chi connectivity index (χ0n) is 7.64. The third-order valence-electron chi connectivity index (χ3n) is 2.13. The Bertz CT molecular complexity index is 556. The molecule has 0 aromatic heterocycles. The molecule has 5 heteroatoms. The van der Waals surface area contributed by atoms with Crippen LogP contribution in [-0.2, 0) is 9.84 Å². The van der Waals surface area contributed by atoms with Crippen LogP contribution in [0.1, 0.15) is 5.56 Å². The van der Waals surface area contributed by atoms with Crippen molar-refractivity contribution in [3.63, 3.8) is 0 Å². The van der Waals surface area contributed by atoms with E-state index in [1.54, 1.807) is 24.3 Å². The maximum Gasteiger partial charge on any atom is 0.221 e. The average Bonchev–Trinajstić information content (AvgIpc) is 2.44. The van der Waals surface area contributed by atoms with Crippen molar-refractivity contribution in [1.29, 1.82) is 0 Å². The van der Waals surface area contributed by atoms with Gasteiger partial charge in [0.25, 0.3) is 0 Å². The molecule has 1 aliphatic heterocycles. The smallest absolute Gasteiger partial charge is 0.221 e. The second-order valence-corrected chi connectivity index (χ2v) is 5.94. The molecule has 0 amide bonds. The largest absolute Gasteiger partial charge is 0.389 e. The predicted octanol–water partition coefficient (Wildman–Crippen LogP) is 2.02. The van der Waals surface area contributed by atoms with Crippen LogP contribution in [0.25, 0.3) is 4.91 Å². The highest BCUT2D eigenvalue weighted by Gasteiger charge is 2.26. The molecule has 78 valence electrons. The van der Waals surface area contributed by atoms with Crippen LogP contribution in [0.15, 0.2) is 45.9 Å². The molecule has 0 atom stereocenters. The molecule has 1 aromatic rings. The molecule has 0 saturated heterocycles. The van der Waals surface area contributed by atoms with Gasteiger partial charge in [-0.1, -0.05) is 28.1 Å². The SMILES string of the molecule is NC1=CC=C(c2ccc(Br)cc2)S1(=O)=O. The van der Waals surface area contributed by atoms with Gasteiger partial charge in [-0.3, -0.25) is 0 Å². The Balaban J connectivity index is 2.49. The molecule has 15 heavy (non-hydrogen) atoms. The van der Waals surface area contributed by atoms with E-state index < -0.39 is 9.84 Å². The molecule has 0 bridgehead atoms. The molecule has 1 aromatic carbocycles. The van der Waals surface area contributed by atoms with Crippen LogP contribution in [0, 0.1) is 0 Å². The lowest BCUT2D eigenvalue weighted by molar-refractivity contribution is 0.611. The third kappa shape index (κ3) is 1.72. The Morgan fingerprint density at radius 3 is 2.13 bits per heavy atom. The second kappa shape index (κ2) is 3.50. The number of hydrogen-bond donors (Lipinski definition) is 1. The zero-order chi connectivity index (χ0) is 11.1. The van der Waals surface area contributed by atoms with Gasteiger partial charge in [-0.25, -0.2) is 8.42 Å². The van der Waals surface area contributed by atoms with Gasteiger partial charge in [-0.2, -0.15) is 0 Å². The summed E-state index contributed by atoms with van der Waals surface area (Å²) in [4.78, 5) is 0.257. The minimum absolute atomic E-state index is 0.0968. The van der Waals surface area contributed by atoms with Crippen LogP contribution in [-0.4, -0.2) is 8.42 Å². The Kier molecular flexibility index (Phi) is 2.44. The normalized spacial score (nSPS) is 18.5. The van der Waals surface area contributed by atoms with E-state index in [4.69, 9.17) is 5.73 Å². The topological polar surface area (TPSA) is 60.2 Å². The molecule has 0 saturated carbocycles. The standard InChI is InChI=1S/C10H8BrNO2S/c11-8-3-1-7(2-4-8)9-5-6-10(12)15(9,13)14/h1-6H,12H2. The third-order valence-corrected chi connectivity index (χ3v) is 4.36. The van der Waals surface area contributed by atoms with Gasteiger partial charge in [-0.05, 0) is 29.8 Å². The van der Waals surface area contributed by atoms with Gasteiger partial charge in [0.05, 0.1) is 4.91 Å². The maximum absolute atomic E-state index is 11.7. The summed E-state index contributed by atoms with van der Waals surface area (Å²) < 4.78 is 24.3. The van der Waals surface area contributed by atoms with Crippen LogP contribution in [0.2, 0.25) is 0 Å². The highest BCUT2D eigenvalue weighted by atomic mass is 79.9. The molecule has 2 N–H and O–H groups in total. The minimum Gasteiger partial charge on any atom is -0.389 e. The van der Waals surface area contributed by atoms with Gasteiger partial charge < -0.3 is 5.73 Å². The monoisotopic (exact) mass is 285 g/mol. The van der Waals surface area contributed by atoms with Crippen LogP contribution in [0.3, 0.4) is 0 Å². The van der Waals surface area contributed by atoms with E-state index in [2.05, 4.69) is 15.9 Å². The molecule has 1 heterocycles. The first-order valence-electron chi connectivity index (χ1n) is 4.20. The van der Waals surface area contributed by atoms with Crippen molar-refractivity contribution in [2.75, 3.05) is 0 Å². The highest BCUT2D eigenvalue weighted by molar-refractivity contribution is 9.10. The summed E-state index contributed by atoms with van der Waals surface area (Å²) in [7, 11) is -3.45. The summed E-state index contributed by atoms with van der Waals surface area (Å²) in [6.07, 6.45) is 2.93. The molecule has 0 aliphatic carbocycles. The number of allylic oxidation sites excluding steroid dienone is 2. The lowest BCUT2D eigenvalue weighted by Gasteiger charge is -2.04. The summed E-state index contributed by atoms with van der Waals surface area (Å²) in [5, 5.41) is -0.0968. The Morgan fingerprint density at radius 2 is 1.67 bits per heavy atom. The van der Waals surface area contributed by atoms with Gasteiger partial charge in [0.1, 0.15) is 5.03 Å². The van der Waals surface area contributed by atoms with Gasteiger partial charge >= 0.3 is 0 Å². The van der Waals surface area contributed by atoms with Crippen LogP contribution < -0.4 is 5.73 Å². The maximum atomic E-state index is 11.7. The van der Waals surface area contributed by atoms with E-state index in [0.29, 0.717) is 5.56 Å². The summed E-state index contributed by atoms with van der Waals surface area (Å²) in [5.74, 6) is 0. The molecule has 0 unspecified atom stereocenters. The second-order valence-electron chi connectivity index (χ2n) is 3.11. The molecule has 3 nitrogen and oxygen atoms in total. The van der Waals surface area contributed by atoms with Gasteiger partial charge in [0, 0.05) is 4.47 Å². The van der Waals surface area contributed by atoms with Crippen molar-refractivity contribution >= 4 is 30.7 Å². The highest BCUT2D eigenvalue weighted by Crippen LogP contribution is 2.30. The summed E-state index contributed by atoms with van der Waals surface area (Å²) in [5.41, 5.74) is 6.03. The summed E-state index contributed by atoms with van der Waals surface area (Å²) in [6.45, 7) is 0. The molecular weight excluding hydrogens is 278 g/mol.